The van der Waals surface area contributed by atoms with Gasteiger partial charge >= 0.3 is 5.97 Å². The number of hydrogen-bond donors (Lipinski definition) is 3. The molecule has 0 spiro atoms. The van der Waals surface area contributed by atoms with Crippen LogP contribution in [-0.2, 0) is 24.8 Å². The van der Waals surface area contributed by atoms with Gasteiger partial charge in [-0.15, -0.1) is 34.4 Å². The van der Waals surface area contributed by atoms with Gasteiger partial charge in [0.05, 0.1) is 11.9 Å². The number of oxime groups is 1. The number of amides is 2. The average molecular weight is 790 g/mol. The van der Waals surface area contributed by atoms with Gasteiger partial charge in [0.2, 0.25) is 5.91 Å². The second-order valence-corrected chi connectivity index (χ2v) is 15.9. The van der Waals surface area contributed by atoms with Gasteiger partial charge in [0, 0.05) is 23.1 Å². The highest BCUT2D eigenvalue weighted by atomic mass is 32.2. The molecule has 278 valence electrons. The van der Waals surface area contributed by atoms with Crippen LogP contribution in [0.25, 0.3) is 10.9 Å². The largest absolute Gasteiger partial charge is 0.481 e. The van der Waals surface area contributed by atoms with Crippen molar-refractivity contribution < 1.29 is 24.3 Å². The van der Waals surface area contributed by atoms with Crippen LogP contribution < -0.4 is 10.6 Å². The number of aliphatic carboxylic acids is 1. The van der Waals surface area contributed by atoms with E-state index in [4.69, 9.17) is 9.82 Å². The highest BCUT2D eigenvalue weighted by molar-refractivity contribution is 8.00. The molecule has 3 aromatic carbocycles. The van der Waals surface area contributed by atoms with E-state index >= 15 is 0 Å². The van der Waals surface area contributed by atoms with Crippen LogP contribution in [-0.4, -0.2) is 78.2 Å². The maximum atomic E-state index is 13.9. The van der Waals surface area contributed by atoms with Gasteiger partial charge < -0.3 is 25.5 Å². The summed E-state index contributed by atoms with van der Waals surface area (Å²) >= 11 is 4.15. The van der Waals surface area contributed by atoms with Crippen molar-refractivity contribution in [1.29, 1.82) is 0 Å². The number of nitrogens with one attached hydrogen (secondary N) is 2. The lowest BCUT2D eigenvalue weighted by Crippen LogP contribution is -2.73. The summed E-state index contributed by atoms with van der Waals surface area (Å²) in [5, 5.41) is 24.8. The molecule has 0 saturated carbocycles. The van der Waals surface area contributed by atoms with E-state index in [-0.39, 0.29) is 36.2 Å². The van der Waals surface area contributed by atoms with E-state index in [1.54, 1.807) is 37.0 Å². The molecule has 2 saturated heterocycles. The smallest absolute Gasteiger partial charge is 0.316 e. The van der Waals surface area contributed by atoms with Crippen molar-refractivity contribution in [3.8, 4) is 0 Å². The molecule has 2 amide bonds. The maximum Gasteiger partial charge on any atom is 0.316 e. The van der Waals surface area contributed by atoms with Crippen molar-refractivity contribution in [2.24, 2.45) is 10.6 Å². The van der Waals surface area contributed by atoms with Crippen molar-refractivity contribution in [2.75, 3.05) is 24.2 Å². The minimum atomic E-state index is -1.30. The second kappa shape index (κ2) is 15.2. The summed E-state index contributed by atoms with van der Waals surface area (Å²) in [6.45, 7) is 1.95. The molecule has 2 aliphatic heterocycles. The molecule has 1 unspecified atom stereocenters. The first-order valence-electron chi connectivity index (χ1n) is 17.5. The Morgan fingerprint density at radius 1 is 1.00 bits per heavy atom. The summed E-state index contributed by atoms with van der Waals surface area (Å²) in [6.07, 6.45) is 6.84. The first-order valence-corrected chi connectivity index (χ1v) is 20.3. The topological polar surface area (TPSA) is 151 Å². The molecule has 5 heterocycles. The highest BCUT2D eigenvalue weighted by Gasteiger charge is 2.57. The third-order valence-electron chi connectivity index (χ3n) is 9.74. The molecule has 0 bridgehead atoms. The predicted octanol–water partition coefficient (Wildman–Crippen LogP) is 6.18. The number of thioether (sulfide) groups is 1. The zero-order chi connectivity index (χ0) is 38.0. The Hall–Kier alpha value is -5.77. The number of β-lactam (4-membered cyclic amide) rings is 1. The van der Waals surface area contributed by atoms with E-state index < -0.39 is 34.2 Å². The van der Waals surface area contributed by atoms with Crippen molar-refractivity contribution in [3.63, 3.8) is 0 Å². The Kier molecular flexibility index (Phi) is 9.99. The lowest BCUT2D eigenvalue weighted by Gasteiger charge is -2.53. The fourth-order valence-electron chi connectivity index (χ4n) is 6.93. The quantitative estimate of drug-likeness (QED) is 0.0540. The number of nitrogens with zero attached hydrogens (tertiary/aromatic N) is 5. The first kappa shape index (κ1) is 36.2. The lowest BCUT2D eigenvalue weighted by atomic mass is 9.77. The van der Waals surface area contributed by atoms with Crippen molar-refractivity contribution in [1.82, 2.24) is 24.6 Å². The molecule has 0 radical (unpaired) electrons. The normalized spacial score (nSPS) is 19.9. The van der Waals surface area contributed by atoms with Crippen LogP contribution >= 0.6 is 34.4 Å². The summed E-state index contributed by atoms with van der Waals surface area (Å²) in [6, 6.07) is 29.4. The highest BCUT2D eigenvalue weighted by Crippen LogP contribution is 2.44. The van der Waals surface area contributed by atoms with Crippen LogP contribution in [0.15, 0.2) is 126 Å². The monoisotopic (exact) mass is 789 g/mol. The van der Waals surface area contributed by atoms with Gasteiger partial charge in [0.15, 0.2) is 10.8 Å². The van der Waals surface area contributed by atoms with Gasteiger partial charge in [-0.05, 0) is 29.7 Å². The number of anilines is 1. The standard InChI is InChI=1S/C40H35N7O5S3/c1-2-52-45-32(30-22-54-38(42-30)44-40(26-12-6-3-7-13-26,27-14-8-4-9-15-27)28-16-10-5-11-17-28)34(48)43-33-35(49)46-23-39(37(50)51,24-55-36(33)46)19-18-29-21-53-31-20-41-25-47(29)31/h3-22,25,33,36H,2,23-24H2,1H3,(H,42,44)(H,43,48)(H,50,51)/t33-,36-,39?/m1/s1. The summed E-state index contributed by atoms with van der Waals surface area (Å²) in [4.78, 5) is 56.9. The number of benzene rings is 3. The number of carboxylic acid groups (broad SMARTS) is 1. The molecule has 2 fully saturated rings. The number of carbonyl (C=O) groups excluding carboxylic acids is 2. The van der Waals surface area contributed by atoms with Gasteiger partial charge in [-0.25, -0.2) is 9.97 Å². The number of aromatic nitrogens is 3. The van der Waals surface area contributed by atoms with E-state index in [1.807, 2.05) is 64.4 Å². The number of imidazole rings is 1. The van der Waals surface area contributed by atoms with Crippen LogP contribution in [0, 0.1) is 5.41 Å². The SMILES string of the molecule is CCON=C(C(=O)N[C@@H]1C(=O)N2CC(C=Cc3csc4cncn34)(C(=O)O)CS[C@H]12)c1csc(NC(c2ccccc2)(c2ccccc2)c2ccccc2)n1. The molecule has 15 heteroatoms. The van der Waals surface area contributed by atoms with Gasteiger partial charge in [-0.3, -0.25) is 18.8 Å². The molecule has 12 nitrogen and oxygen atoms in total. The Morgan fingerprint density at radius 2 is 1.65 bits per heavy atom. The molecular weight excluding hydrogens is 755 g/mol. The number of fused-ring (bicyclic) bond motifs is 2. The molecule has 3 atom stereocenters. The minimum Gasteiger partial charge on any atom is -0.481 e. The number of hydrogen-bond acceptors (Lipinski definition) is 11. The van der Waals surface area contributed by atoms with Crippen molar-refractivity contribution in [2.45, 2.75) is 23.9 Å². The Bertz CT molecular complexity index is 2300. The maximum absolute atomic E-state index is 13.9. The van der Waals surface area contributed by atoms with Gasteiger partial charge in [-0.2, -0.15) is 0 Å². The molecular formula is C40H35N7O5S3. The average Bonchev–Trinajstić information content (AvgIpc) is 3.98. The summed E-state index contributed by atoms with van der Waals surface area (Å²) in [5.74, 6) is -1.81. The van der Waals surface area contributed by atoms with Crippen LogP contribution in [0.3, 0.4) is 0 Å². The van der Waals surface area contributed by atoms with E-state index in [0.717, 1.165) is 27.2 Å². The first-order chi connectivity index (χ1) is 26.8. The Balaban J connectivity index is 1.03. The fraction of sp³-hybridized carbons (Fsp3) is 0.200. The minimum absolute atomic E-state index is 0.0219. The molecule has 6 aromatic rings. The molecule has 55 heavy (non-hydrogen) atoms. The van der Waals surface area contributed by atoms with Crippen LogP contribution in [0.4, 0.5) is 5.13 Å². The zero-order valence-electron chi connectivity index (χ0n) is 29.4. The molecule has 3 N–H and O–H groups in total. The van der Waals surface area contributed by atoms with Gasteiger partial charge in [0.1, 0.15) is 45.8 Å². The number of rotatable bonds is 13. The molecule has 0 aliphatic carbocycles. The van der Waals surface area contributed by atoms with E-state index in [1.165, 1.54) is 39.3 Å². The summed E-state index contributed by atoms with van der Waals surface area (Å²) < 4.78 is 1.88. The van der Waals surface area contributed by atoms with Crippen molar-refractivity contribution in [3.05, 3.63) is 148 Å². The van der Waals surface area contributed by atoms with Crippen LogP contribution in [0.2, 0.25) is 0 Å². The summed E-state index contributed by atoms with van der Waals surface area (Å²) in [5.41, 5.74) is 1.84. The third kappa shape index (κ3) is 6.68. The Morgan fingerprint density at radius 3 is 2.27 bits per heavy atom. The molecule has 8 rings (SSSR count). The number of carbonyl (C=O) groups is 3. The van der Waals surface area contributed by atoms with Gasteiger partial charge in [0.25, 0.3) is 5.91 Å². The zero-order valence-corrected chi connectivity index (χ0v) is 31.9. The Labute approximate surface area is 328 Å². The number of thiazole rings is 2. The van der Waals surface area contributed by atoms with Crippen LogP contribution in [0.1, 0.15) is 35.0 Å². The summed E-state index contributed by atoms with van der Waals surface area (Å²) in [7, 11) is 0. The third-order valence-corrected chi connectivity index (χ3v) is 12.9. The van der Waals surface area contributed by atoms with Crippen LogP contribution in [0.5, 0.6) is 0 Å². The van der Waals surface area contributed by atoms with E-state index in [2.05, 4.69) is 57.2 Å². The van der Waals surface area contributed by atoms with Crippen molar-refractivity contribution >= 4 is 74.0 Å². The number of carboxylic acids is 1. The van der Waals surface area contributed by atoms with Gasteiger partial charge in [-0.1, -0.05) is 102 Å². The molecule has 3 aromatic heterocycles. The second-order valence-electron chi connectivity index (χ2n) is 13.0. The lowest BCUT2D eigenvalue weighted by molar-refractivity contribution is -0.155. The predicted molar refractivity (Wildman–Crippen MR) is 215 cm³/mol. The molecule has 2 aliphatic rings. The van der Waals surface area contributed by atoms with E-state index in [9.17, 15) is 19.5 Å². The fourth-order valence-corrected chi connectivity index (χ4v) is 10.0. The van der Waals surface area contributed by atoms with E-state index in [0.29, 0.717) is 5.13 Å².